The number of aliphatic hydroxyl groups is 17. The molecule has 26 heteroatoms. The molecule has 0 radical (unpaired) electrons. The molecular formula is C30H52O26. The summed E-state index contributed by atoms with van der Waals surface area (Å²) < 4.78 is 48.5. The van der Waals surface area contributed by atoms with E-state index in [0.29, 0.717) is 0 Å². The summed E-state index contributed by atoms with van der Waals surface area (Å²) in [6.45, 7) is -3.57. The first-order valence-corrected chi connectivity index (χ1v) is 17.6. The van der Waals surface area contributed by atoms with E-state index < -0.39 is 187 Å². The SMILES string of the molecule is OC[C@H]1O[C@@H](OC[C@H]2O[C@@H](OC[C@H]3O[C@@H](OC[C@H]4O[C@@H](OC[C@H]5O[C@@H](O)[C@H](O)[C@@H](O)[C@@H]5O)[C@H](O)[C@@H](O)[C@H]4O)[C@H](O)[C@@H](O)[C@H]3O)[C@H](O)[C@@H](O)[C@H]2O)[C@H](O)[C@@H](O)[C@H]1O. The predicted molar refractivity (Wildman–Crippen MR) is 167 cm³/mol. The lowest BCUT2D eigenvalue weighted by molar-refractivity contribution is -0.350. The molecule has 0 saturated carbocycles. The Morgan fingerprint density at radius 1 is 0.268 bits per heavy atom. The minimum Gasteiger partial charge on any atom is -0.394 e. The number of ether oxygens (including phenoxy) is 9. The van der Waals surface area contributed by atoms with Gasteiger partial charge in [0.15, 0.2) is 31.5 Å². The first-order chi connectivity index (χ1) is 26.4. The molecule has 17 N–H and O–H groups in total. The van der Waals surface area contributed by atoms with E-state index >= 15 is 0 Å². The van der Waals surface area contributed by atoms with Crippen molar-refractivity contribution in [3.05, 3.63) is 0 Å². The van der Waals surface area contributed by atoms with Crippen LogP contribution in [0.5, 0.6) is 0 Å². The summed E-state index contributed by atoms with van der Waals surface area (Å²) in [4.78, 5) is 0. The van der Waals surface area contributed by atoms with Crippen LogP contribution in [0.1, 0.15) is 0 Å². The van der Waals surface area contributed by atoms with E-state index in [0.717, 1.165) is 0 Å². The molecular weight excluding hydrogens is 776 g/mol. The Labute approximate surface area is 316 Å². The molecule has 5 rings (SSSR count). The zero-order chi connectivity index (χ0) is 41.3. The van der Waals surface area contributed by atoms with Gasteiger partial charge in [0, 0.05) is 0 Å². The summed E-state index contributed by atoms with van der Waals surface area (Å²) in [5.41, 5.74) is 0. The zero-order valence-electron chi connectivity index (χ0n) is 29.2. The predicted octanol–water partition coefficient (Wildman–Crippen LogP) is -11.9. The highest BCUT2D eigenvalue weighted by molar-refractivity contribution is 4.95. The zero-order valence-corrected chi connectivity index (χ0v) is 29.2. The maximum Gasteiger partial charge on any atom is 0.186 e. The molecule has 328 valence electrons. The average molecular weight is 829 g/mol. The van der Waals surface area contributed by atoms with Crippen LogP contribution >= 0.6 is 0 Å². The van der Waals surface area contributed by atoms with Gasteiger partial charge in [0.2, 0.25) is 0 Å². The Balaban J connectivity index is 1.15. The van der Waals surface area contributed by atoms with Gasteiger partial charge in [-0.3, -0.25) is 0 Å². The number of aliphatic hydroxyl groups excluding tert-OH is 17. The van der Waals surface area contributed by atoms with Gasteiger partial charge in [-0.25, -0.2) is 0 Å². The van der Waals surface area contributed by atoms with Gasteiger partial charge in [0.05, 0.1) is 33.0 Å². The molecule has 5 heterocycles. The lowest BCUT2D eigenvalue weighted by atomic mass is 9.97. The summed E-state index contributed by atoms with van der Waals surface area (Å²) in [6.07, 6.45) is -44.0. The summed E-state index contributed by atoms with van der Waals surface area (Å²) in [5.74, 6) is 0. The van der Waals surface area contributed by atoms with Crippen molar-refractivity contribution in [1.82, 2.24) is 0 Å². The molecule has 56 heavy (non-hydrogen) atoms. The van der Waals surface area contributed by atoms with Gasteiger partial charge < -0.3 is 129 Å². The first-order valence-electron chi connectivity index (χ1n) is 17.6. The fraction of sp³-hybridized carbons (Fsp3) is 1.00. The molecule has 25 atom stereocenters. The van der Waals surface area contributed by atoms with Crippen LogP contribution in [0.4, 0.5) is 0 Å². The second-order valence-corrected chi connectivity index (χ2v) is 14.1. The van der Waals surface area contributed by atoms with E-state index in [-0.39, 0.29) is 0 Å². The van der Waals surface area contributed by atoms with Gasteiger partial charge >= 0.3 is 0 Å². The highest BCUT2D eigenvalue weighted by Crippen LogP contribution is 2.30. The van der Waals surface area contributed by atoms with Crippen LogP contribution in [-0.4, -0.2) is 273 Å². The summed E-state index contributed by atoms with van der Waals surface area (Å²) in [7, 11) is 0. The molecule has 0 aromatic rings. The van der Waals surface area contributed by atoms with Gasteiger partial charge in [0.25, 0.3) is 0 Å². The second-order valence-electron chi connectivity index (χ2n) is 14.1. The molecule has 5 aliphatic heterocycles. The topological polar surface area (TPSA) is 427 Å². The van der Waals surface area contributed by atoms with Crippen molar-refractivity contribution >= 4 is 0 Å². The molecule has 5 aliphatic rings. The summed E-state index contributed by atoms with van der Waals surface area (Å²) in [6, 6.07) is 0. The van der Waals surface area contributed by atoms with E-state index in [2.05, 4.69) is 0 Å². The highest BCUT2D eigenvalue weighted by atomic mass is 16.8. The molecule has 0 aliphatic carbocycles. The van der Waals surface area contributed by atoms with Crippen LogP contribution in [0.2, 0.25) is 0 Å². The number of hydrogen-bond acceptors (Lipinski definition) is 26. The van der Waals surface area contributed by atoms with Gasteiger partial charge in [-0.2, -0.15) is 0 Å². The lowest BCUT2D eigenvalue weighted by Gasteiger charge is -2.44. The molecule has 0 aromatic heterocycles. The van der Waals surface area contributed by atoms with Crippen molar-refractivity contribution < 1.29 is 129 Å². The fourth-order valence-electron chi connectivity index (χ4n) is 6.61. The normalized spacial score (nSPS) is 53.2. The third-order valence-corrected chi connectivity index (χ3v) is 10.2. The van der Waals surface area contributed by atoms with Gasteiger partial charge in [-0.15, -0.1) is 0 Å². The Morgan fingerprint density at radius 3 is 0.786 bits per heavy atom. The van der Waals surface area contributed by atoms with Crippen LogP contribution in [0.25, 0.3) is 0 Å². The summed E-state index contributed by atoms with van der Waals surface area (Å²) in [5, 5.41) is 173. The van der Waals surface area contributed by atoms with Crippen molar-refractivity contribution in [2.24, 2.45) is 0 Å². The summed E-state index contributed by atoms with van der Waals surface area (Å²) >= 11 is 0. The van der Waals surface area contributed by atoms with E-state index in [1.165, 1.54) is 0 Å². The molecule has 5 saturated heterocycles. The Bertz CT molecular complexity index is 1210. The molecule has 26 nitrogen and oxygen atoms in total. The number of hydrogen-bond donors (Lipinski definition) is 17. The highest BCUT2D eigenvalue weighted by Gasteiger charge is 2.51. The molecule has 0 aromatic carbocycles. The first kappa shape index (κ1) is 46.0. The van der Waals surface area contributed by atoms with Crippen LogP contribution in [0, 0.1) is 0 Å². The van der Waals surface area contributed by atoms with E-state index in [1.807, 2.05) is 0 Å². The maximum absolute atomic E-state index is 10.6. The van der Waals surface area contributed by atoms with E-state index in [4.69, 9.17) is 42.6 Å². The smallest absolute Gasteiger partial charge is 0.186 e. The quantitative estimate of drug-likeness (QED) is 0.0819. The second kappa shape index (κ2) is 19.6. The van der Waals surface area contributed by atoms with E-state index in [9.17, 15) is 86.8 Å². The molecule has 5 fully saturated rings. The van der Waals surface area contributed by atoms with Crippen molar-refractivity contribution in [3.8, 4) is 0 Å². The van der Waals surface area contributed by atoms with Crippen LogP contribution in [0.3, 0.4) is 0 Å². The van der Waals surface area contributed by atoms with Crippen molar-refractivity contribution in [3.63, 3.8) is 0 Å². The average Bonchev–Trinajstić information content (AvgIpc) is 3.18. The molecule has 0 unspecified atom stereocenters. The minimum atomic E-state index is -1.96. The molecule has 0 bridgehead atoms. The van der Waals surface area contributed by atoms with Crippen molar-refractivity contribution in [2.45, 2.75) is 154 Å². The van der Waals surface area contributed by atoms with Crippen molar-refractivity contribution in [2.75, 3.05) is 33.0 Å². The van der Waals surface area contributed by atoms with Crippen LogP contribution in [0.15, 0.2) is 0 Å². The van der Waals surface area contributed by atoms with E-state index in [1.54, 1.807) is 0 Å². The molecule has 0 amide bonds. The van der Waals surface area contributed by atoms with Gasteiger partial charge in [0.1, 0.15) is 122 Å². The maximum atomic E-state index is 10.6. The van der Waals surface area contributed by atoms with Gasteiger partial charge in [-0.05, 0) is 0 Å². The van der Waals surface area contributed by atoms with Gasteiger partial charge in [-0.1, -0.05) is 0 Å². The Kier molecular flexibility index (Phi) is 16.1. The minimum absolute atomic E-state index is 0.669. The van der Waals surface area contributed by atoms with Crippen molar-refractivity contribution in [1.29, 1.82) is 0 Å². The third kappa shape index (κ3) is 9.77. The Hall–Kier alpha value is -1.04. The van der Waals surface area contributed by atoms with Crippen LogP contribution in [-0.2, 0) is 42.6 Å². The lowest BCUT2D eigenvalue weighted by Crippen LogP contribution is -2.63. The third-order valence-electron chi connectivity index (χ3n) is 10.2. The number of rotatable bonds is 13. The molecule has 0 spiro atoms. The fourth-order valence-corrected chi connectivity index (χ4v) is 6.61. The van der Waals surface area contributed by atoms with Crippen LogP contribution < -0.4 is 0 Å². The largest absolute Gasteiger partial charge is 0.394 e. The Morgan fingerprint density at radius 2 is 0.500 bits per heavy atom. The standard InChI is InChI=1S/C30H52O26/c31-1-6-11(32)17(38)22(43)27(53-6)49-3-8-13(34)19(40)24(45)29(55-8)51-5-10-15(36)20(41)25(46)30(56-10)50-4-9-14(35)18(39)23(44)28(54-9)48-2-7-12(33)16(37)21(42)26(47)52-7/h6-47H,1-5H2/t6-,7-,8-,9-,10-,11+,12-,13+,14+,15+,16+,17+,18+,19+,20+,21-,22-,23-,24-,25-,26-,27-,28-,29-,30-/m1/s1. The monoisotopic (exact) mass is 828 g/mol.